The van der Waals surface area contributed by atoms with E-state index in [9.17, 15) is 4.79 Å². The summed E-state index contributed by atoms with van der Waals surface area (Å²) in [6, 6.07) is 6.83. The molecule has 1 heterocycles. The van der Waals surface area contributed by atoms with E-state index >= 15 is 0 Å². The summed E-state index contributed by atoms with van der Waals surface area (Å²) in [5.74, 6) is 0.0951. The van der Waals surface area contributed by atoms with Crippen molar-refractivity contribution in [3.63, 3.8) is 0 Å². The van der Waals surface area contributed by atoms with Crippen LogP contribution in [0.15, 0.2) is 30.5 Å². The molecule has 5 nitrogen and oxygen atoms in total. The second-order valence-corrected chi connectivity index (χ2v) is 3.76. The first-order chi connectivity index (χ1) is 8.61. The summed E-state index contributed by atoms with van der Waals surface area (Å²) >= 11 is 0. The van der Waals surface area contributed by atoms with Gasteiger partial charge in [-0.15, -0.1) is 0 Å². The van der Waals surface area contributed by atoms with E-state index in [1.165, 1.54) is 12.3 Å². The van der Waals surface area contributed by atoms with E-state index in [4.69, 9.17) is 9.84 Å². The summed E-state index contributed by atoms with van der Waals surface area (Å²) in [6.45, 7) is 1.91. The number of carboxylic acid groups (broad SMARTS) is 1. The number of nitrogens with zero attached hydrogens (tertiary/aromatic N) is 2. The molecule has 0 atom stereocenters. The number of hydrogen-bond donors (Lipinski definition) is 1. The zero-order valence-corrected chi connectivity index (χ0v) is 10.0. The van der Waals surface area contributed by atoms with E-state index in [1.807, 2.05) is 19.1 Å². The molecule has 1 N–H and O–H groups in total. The molecule has 0 radical (unpaired) electrons. The molecule has 0 aliphatic carbocycles. The van der Waals surface area contributed by atoms with Crippen LogP contribution >= 0.6 is 0 Å². The standard InChI is InChI=1S/C13H12N2O3/c1-8-7-9(3-4-11(8)18-2)12-14-6-5-10(15-12)13(16)17/h3-7H,1-2H3,(H,16,17). The number of aromatic carboxylic acids is 1. The Labute approximate surface area is 104 Å². The van der Waals surface area contributed by atoms with Gasteiger partial charge in [-0.3, -0.25) is 0 Å². The van der Waals surface area contributed by atoms with Gasteiger partial charge in [0, 0.05) is 11.8 Å². The van der Waals surface area contributed by atoms with Crippen LogP contribution in [0, 0.1) is 6.92 Å². The zero-order chi connectivity index (χ0) is 13.1. The molecule has 0 aliphatic heterocycles. The van der Waals surface area contributed by atoms with E-state index in [0.29, 0.717) is 5.82 Å². The summed E-state index contributed by atoms with van der Waals surface area (Å²) in [5.41, 5.74) is 1.68. The van der Waals surface area contributed by atoms with Crippen LogP contribution in [0.2, 0.25) is 0 Å². The second-order valence-electron chi connectivity index (χ2n) is 3.76. The molecule has 2 rings (SSSR count). The molecule has 0 bridgehead atoms. The van der Waals surface area contributed by atoms with Crippen molar-refractivity contribution in [3.05, 3.63) is 41.7 Å². The van der Waals surface area contributed by atoms with E-state index in [0.717, 1.165) is 16.9 Å². The Morgan fingerprint density at radius 3 is 2.72 bits per heavy atom. The van der Waals surface area contributed by atoms with E-state index in [2.05, 4.69) is 9.97 Å². The van der Waals surface area contributed by atoms with Crippen molar-refractivity contribution in [2.45, 2.75) is 6.92 Å². The number of aromatic nitrogens is 2. The largest absolute Gasteiger partial charge is 0.496 e. The number of carboxylic acids is 1. The van der Waals surface area contributed by atoms with Gasteiger partial charge in [0.25, 0.3) is 0 Å². The summed E-state index contributed by atoms with van der Waals surface area (Å²) in [7, 11) is 1.60. The molecular weight excluding hydrogens is 232 g/mol. The molecule has 92 valence electrons. The van der Waals surface area contributed by atoms with Crippen LogP contribution < -0.4 is 4.74 Å². The van der Waals surface area contributed by atoms with Gasteiger partial charge in [0.15, 0.2) is 11.5 Å². The predicted molar refractivity (Wildman–Crippen MR) is 65.7 cm³/mol. The lowest BCUT2D eigenvalue weighted by molar-refractivity contribution is 0.0690. The van der Waals surface area contributed by atoms with Crippen LogP contribution in [-0.4, -0.2) is 28.2 Å². The van der Waals surface area contributed by atoms with Crippen molar-refractivity contribution >= 4 is 5.97 Å². The highest BCUT2D eigenvalue weighted by molar-refractivity contribution is 5.85. The Kier molecular flexibility index (Phi) is 3.23. The number of rotatable bonds is 3. The Hall–Kier alpha value is -2.43. The Bertz CT molecular complexity index is 597. The number of hydrogen-bond acceptors (Lipinski definition) is 4. The maximum absolute atomic E-state index is 10.8. The first kappa shape index (κ1) is 12.0. The molecule has 0 saturated heterocycles. The summed E-state index contributed by atoms with van der Waals surface area (Å²) in [4.78, 5) is 18.9. The minimum atomic E-state index is -1.07. The van der Waals surface area contributed by atoms with Gasteiger partial charge in [-0.25, -0.2) is 14.8 Å². The van der Waals surface area contributed by atoms with Crippen LogP contribution in [-0.2, 0) is 0 Å². The highest BCUT2D eigenvalue weighted by Crippen LogP contribution is 2.23. The van der Waals surface area contributed by atoms with E-state index in [1.54, 1.807) is 13.2 Å². The third kappa shape index (κ3) is 2.29. The molecule has 1 aromatic heterocycles. The highest BCUT2D eigenvalue weighted by atomic mass is 16.5. The van der Waals surface area contributed by atoms with Gasteiger partial charge < -0.3 is 9.84 Å². The van der Waals surface area contributed by atoms with Crippen LogP contribution in [0.1, 0.15) is 16.1 Å². The lowest BCUT2D eigenvalue weighted by Crippen LogP contribution is -2.02. The summed E-state index contributed by atoms with van der Waals surface area (Å²) in [5, 5.41) is 8.88. The molecular formula is C13H12N2O3. The second kappa shape index (κ2) is 4.83. The third-order valence-electron chi connectivity index (χ3n) is 2.53. The quantitative estimate of drug-likeness (QED) is 0.895. The van der Waals surface area contributed by atoms with Gasteiger partial charge in [-0.05, 0) is 36.8 Å². The number of carbonyl (C=O) groups is 1. The predicted octanol–water partition coefficient (Wildman–Crippen LogP) is 2.16. The monoisotopic (exact) mass is 244 g/mol. The summed E-state index contributed by atoms with van der Waals surface area (Å²) in [6.07, 6.45) is 1.44. The number of ether oxygens (including phenoxy) is 1. The van der Waals surface area contributed by atoms with Gasteiger partial charge >= 0.3 is 5.97 Å². The first-order valence-electron chi connectivity index (χ1n) is 5.33. The van der Waals surface area contributed by atoms with Crippen LogP contribution in [0.3, 0.4) is 0 Å². The van der Waals surface area contributed by atoms with Gasteiger partial charge in [0.1, 0.15) is 5.75 Å². The topological polar surface area (TPSA) is 72.3 Å². The summed E-state index contributed by atoms with van der Waals surface area (Å²) < 4.78 is 5.16. The van der Waals surface area contributed by atoms with Crippen molar-refractivity contribution in [2.75, 3.05) is 7.11 Å². The SMILES string of the molecule is COc1ccc(-c2nccc(C(=O)O)n2)cc1C. The molecule has 0 fully saturated rings. The molecule has 0 amide bonds. The van der Waals surface area contributed by atoms with Crippen molar-refractivity contribution in [3.8, 4) is 17.1 Å². The normalized spacial score (nSPS) is 10.1. The first-order valence-corrected chi connectivity index (χ1v) is 5.33. The molecule has 0 saturated carbocycles. The van der Waals surface area contributed by atoms with Crippen molar-refractivity contribution in [1.29, 1.82) is 0 Å². The Morgan fingerprint density at radius 2 is 2.11 bits per heavy atom. The van der Waals surface area contributed by atoms with E-state index < -0.39 is 5.97 Å². The number of benzene rings is 1. The fraction of sp³-hybridized carbons (Fsp3) is 0.154. The lowest BCUT2D eigenvalue weighted by Gasteiger charge is -2.06. The molecule has 1 aromatic carbocycles. The molecule has 0 spiro atoms. The Balaban J connectivity index is 2.45. The lowest BCUT2D eigenvalue weighted by atomic mass is 10.1. The smallest absolute Gasteiger partial charge is 0.354 e. The van der Waals surface area contributed by atoms with Crippen LogP contribution in [0.4, 0.5) is 0 Å². The van der Waals surface area contributed by atoms with E-state index in [-0.39, 0.29) is 5.69 Å². The average Bonchev–Trinajstić information content (AvgIpc) is 2.38. The molecule has 5 heteroatoms. The minimum Gasteiger partial charge on any atom is -0.496 e. The van der Waals surface area contributed by atoms with Crippen molar-refractivity contribution in [1.82, 2.24) is 9.97 Å². The average molecular weight is 244 g/mol. The number of aryl methyl sites for hydroxylation is 1. The molecule has 0 unspecified atom stereocenters. The van der Waals surface area contributed by atoms with Gasteiger partial charge in [-0.1, -0.05) is 0 Å². The van der Waals surface area contributed by atoms with Crippen LogP contribution in [0.5, 0.6) is 5.75 Å². The maximum Gasteiger partial charge on any atom is 0.354 e. The fourth-order valence-corrected chi connectivity index (χ4v) is 1.63. The van der Waals surface area contributed by atoms with Gasteiger partial charge in [0.05, 0.1) is 7.11 Å². The highest BCUT2D eigenvalue weighted by Gasteiger charge is 2.09. The third-order valence-corrected chi connectivity index (χ3v) is 2.53. The Morgan fingerprint density at radius 1 is 1.33 bits per heavy atom. The minimum absolute atomic E-state index is 0.0199. The van der Waals surface area contributed by atoms with Crippen LogP contribution in [0.25, 0.3) is 11.4 Å². The maximum atomic E-state index is 10.8. The number of methoxy groups -OCH3 is 1. The van der Waals surface area contributed by atoms with Gasteiger partial charge in [0.2, 0.25) is 0 Å². The fourth-order valence-electron chi connectivity index (χ4n) is 1.63. The van der Waals surface area contributed by atoms with Crippen molar-refractivity contribution in [2.24, 2.45) is 0 Å². The molecule has 18 heavy (non-hydrogen) atoms. The van der Waals surface area contributed by atoms with Gasteiger partial charge in [-0.2, -0.15) is 0 Å². The van der Waals surface area contributed by atoms with Crippen molar-refractivity contribution < 1.29 is 14.6 Å². The zero-order valence-electron chi connectivity index (χ0n) is 10.0. The molecule has 0 aliphatic rings. The molecule has 2 aromatic rings.